The van der Waals surface area contributed by atoms with Gasteiger partial charge in [-0.25, -0.2) is 0 Å². The van der Waals surface area contributed by atoms with Crippen molar-refractivity contribution in [2.24, 2.45) is 0 Å². The van der Waals surface area contributed by atoms with Crippen molar-refractivity contribution in [1.82, 2.24) is 4.90 Å². The minimum absolute atomic E-state index is 0.0957. The molecule has 0 aliphatic rings. The van der Waals surface area contributed by atoms with E-state index in [-0.39, 0.29) is 13.2 Å². The average molecular weight is 298 g/mol. The first-order valence-electron chi connectivity index (χ1n) is 7.10. The van der Waals surface area contributed by atoms with Gasteiger partial charge >= 0.3 is 0 Å². The number of benzene rings is 1. The summed E-state index contributed by atoms with van der Waals surface area (Å²) in [5.74, 6) is 1.30. The van der Waals surface area contributed by atoms with Gasteiger partial charge in [-0.15, -0.1) is 0 Å². The molecule has 6 nitrogen and oxygen atoms in total. The number of aliphatic hydroxyl groups excluding tert-OH is 2. The minimum Gasteiger partial charge on any atom is -0.493 e. The number of ether oxygens (including phenoxy) is 2. The Morgan fingerprint density at radius 1 is 1.00 bits per heavy atom. The molecule has 120 valence electrons. The zero-order valence-electron chi connectivity index (χ0n) is 12.8. The van der Waals surface area contributed by atoms with Gasteiger partial charge in [-0.2, -0.15) is 0 Å². The lowest BCUT2D eigenvalue weighted by Gasteiger charge is -2.20. The lowest BCUT2D eigenvalue weighted by Crippen LogP contribution is -2.31. The van der Waals surface area contributed by atoms with Crippen LogP contribution in [0.1, 0.15) is 12.0 Å². The second-order valence-corrected chi connectivity index (χ2v) is 4.80. The molecular weight excluding hydrogens is 272 g/mol. The number of rotatable bonds is 10. The molecule has 21 heavy (non-hydrogen) atoms. The summed E-state index contributed by atoms with van der Waals surface area (Å²) >= 11 is 0. The van der Waals surface area contributed by atoms with Crippen LogP contribution >= 0.6 is 0 Å². The van der Waals surface area contributed by atoms with Crippen molar-refractivity contribution in [3.63, 3.8) is 0 Å². The SMILES string of the molecule is COc1cc(N)c(CCCN(CCO)CCO)cc1OC. The Bertz CT molecular complexity index is 420. The van der Waals surface area contributed by atoms with Crippen molar-refractivity contribution in [2.45, 2.75) is 12.8 Å². The van der Waals surface area contributed by atoms with Crippen molar-refractivity contribution in [3.05, 3.63) is 17.7 Å². The van der Waals surface area contributed by atoms with Crippen LogP contribution in [0.2, 0.25) is 0 Å². The smallest absolute Gasteiger partial charge is 0.162 e. The van der Waals surface area contributed by atoms with Crippen LogP contribution in [0.4, 0.5) is 5.69 Å². The summed E-state index contributed by atoms with van der Waals surface area (Å²) in [6.45, 7) is 2.13. The molecule has 0 saturated heterocycles. The number of aryl methyl sites for hydroxylation is 1. The van der Waals surface area contributed by atoms with Gasteiger partial charge in [0.25, 0.3) is 0 Å². The van der Waals surface area contributed by atoms with Gasteiger partial charge in [0.05, 0.1) is 27.4 Å². The Morgan fingerprint density at radius 2 is 1.57 bits per heavy atom. The van der Waals surface area contributed by atoms with E-state index in [1.807, 2.05) is 11.0 Å². The van der Waals surface area contributed by atoms with Crippen LogP contribution in [-0.2, 0) is 6.42 Å². The number of hydrogen-bond donors (Lipinski definition) is 3. The number of methoxy groups -OCH3 is 2. The van der Waals surface area contributed by atoms with Gasteiger partial charge in [-0.1, -0.05) is 0 Å². The zero-order valence-corrected chi connectivity index (χ0v) is 12.8. The number of nitrogen functional groups attached to an aromatic ring is 1. The normalized spacial score (nSPS) is 10.9. The first kappa shape index (κ1) is 17.6. The molecule has 1 rings (SSSR count). The molecule has 0 aliphatic heterocycles. The monoisotopic (exact) mass is 298 g/mol. The molecule has 0 saturated carbocycles. The topological polar surface area (TPSA) is 88.2 Å². The van der Waals surface area contributed by atoms with Gasteiger partial charge in [0.15, 0.2) is 11.5 Å². The summed E-state index contributed by atoms with van der Waals surface area (Å²) < 4.78 is 10.5. The van der Waals surface area contributed by atoms with Crippen molar-refractivity contribution in [3.8, 4) is 11.5 Å². The molecule has 0 aliphatic carbocycles. The Labute approximate surface area is 126 Å². The highest BCUT2D eigenvalue weighted by molar-refractivity contribution is 5.58. The van der Waals surface area contributed by atoms with Crippen LogP contribution in [0.5, 0.6) is 11.5 Å². The first-order valence-corrected chi connectivity index (χ1v) is 7.10. The van der Waals surface area contributed by atoms with Crippen LogP contribution in [-0.4, -0.2) is 62.2 Å². The van der Waals surface area contributed by atoms with E-state index < -0.39 is 0 Å². The zero-order chi connectivity index (χ0) is 15.7. The highest BCUT2D eigenvalue weighted by Crippen LogP contribution is 2.32. The highest BCUT2D eigenvalue weighted by Gasteiger charge is 2.10. The van der Waals surface area contributed by atoms with Crippen LogP contribution in [0.3, 0.4) is 0 Å². The third-order valence-electron chi connectivity index (χ3n) is 3.40. The Balaban J connectivity index is 2.62. The van der Waals surface area contributed by atoms with Gasteiger partial charge in [0.1, 0.15) is 0 Å². The molecule has 1 aromatic rings. The minimum atomic E-state index is 0.0957. The maximum atomic E-state index is 8.98. The first-order chi connectivity index (χ1) is 10.2. The molecule has 4 N–H and O–H groups in total. The number of hydrogen-bond acceptors (Lipinski definition) is 6. The summed E-state index contributed by atoms with van der Waals surface area (Å²) in [6, 6.07) is 3.67. The Hall–Kier alpha value is -1.50. The number of nitrogens with two attached hydrogens (primary N) is 1. The lowest BCUT2D eigenvalue weighted by atomic mass is 10.1. The molecule has 0 atom stereocenters. The van der Waals surface area contributed by atoms with Gasteiger partial charge in [0.2, 0.25) is 0 Å². The van der Waals surface area contributed by atoms with Gasteiger partial charge in [-0.3, -0.25) is 4.90 Å². The fraction of sp³-hybridized carbons (Fsp3) is 0.600. The van der Waals surface area contributed by atoms with E-state index >= 15 is 0 Å². The van der Waals surface area contributed by atoms with Crippen LogP contribution in [0.25, 0.3) is 0 Å². The quantitative estimate of drug-likeness (QED) is 0.545. The predicted molar refractivity (Wildman–Crippen MR) is 82.9 cm³/mol. The third kappa shape index (κ3) is 5.41. The summed E-state index contributed by atoms with van der Waals surface area (Å²) in [4.78, 5) is 2.02. The van der Waals surface area contributed by atoms with Crippen LogP contribution < -0.4 is 15.2 Å². The van der Waals surface area contributed by atoms with Gasteiger partial charge in [0, 0.05) is 24.8 Å². The Kier molecular flexibility index (Phi) is 7.89. The third-order valence-corrected chi connectivity index (χ3v) is 3.40. The summed E-state index contributed by atoms with van der Waals surface area (Å²) in [7, 11) is 3.18. The molecule has 0 bridgehead atoms. The van der Waals surface area contributed by atoms with E-state index in [0.29, 0.717) is 30.3 Å². The van der Waals surface area contributed by atoms with E-state index in [1.165, 1.54) is 0 Å². The molecule has 0 fully saturated rings. The summed E-state index contributed by atoms with van der Waals surface area (Å²) in [5.41, 5.74) is 7.72. The summed E-state index contributed by atoms with van der Waals surface area (Å²) in [5, 5.41) is 18.0. The lowest BCUT2D eigenvalue weighted by molar-refractivity contribution is 0.160. The van der Waals surface area contributed by atoms with E-state index in [1.54, 1.807) is 20.3 Å². The molecule has 0 amide bonds. The molecular formula is C15H26N2O4. The molecule has 1 aromatic carbocycles. The van der Waals surface area contributed by atoms with E-state index in [9.17, 15) is 0 Å². The number of nitrogens with zero attached hydrogens (tertiary/aromatic N) is 1. The van der Waals surface area contributed by atoms with Gasteiger partial charge in [-0.05, 0) is 31.0 Å². The average Bonchev–Trinajstić information content (AvgIpc) is 2.48. The van der Waals surface area contributed by atoms with Crippen molar-refractivity contribution in [2.75, 3.05) is 52.8 Å². The largest absolute Gasteiger partial charge is 0.493 e. The molecule has 0 spiro atoms. The van der Waals surface area contributed by atoms with E-state index in [0.717, 1.165) is 24.9 Å². The second-order valence-electron chi connectivity index (χ2n) is 4.80. The van der Waals surface area contributed by atoms with Crippen molar-refractivity contribution < 1.29 is 19.7 Å². The van der Waals surface area contributed by atoms with Gasteiger partial charge < -0.3 is 25.4 Å². The number of anilines is 1. The molecule has 0 aromatic heterocycles. The van der Waals surface area contributed by atoms with E-state index in [4.69, 9.17) is 25.4 Å². The van der Waals surface area contributed by atoms with Crippen LogP contribution in [0, 0.1) is 0 Å². The highest BCUT2D eigenvalue weighted by atomic mass is 16.5. The molecule has 0 heterocycles. The van der Waals surface area contributed by atoms with Crippen molar-refractivity contribution >= 4 is 5.69 Å². The number of aliphatic hydroxyl groups is 2. The van der Waals surface area contributed by atoms with Crippen LogP contribution in [0.15, 0.2) is 12.1 Å². The van der Waals surface area contributed by atoms with Crippen molar-refractivity contribution in [1.29, 1.82) is 0 Å². The molecule has 6 heteroatoms. The molecule has 0 radical (unpaired) electrons. The van der Waals surface area contributed by atoms with E-state index in [2.05, 4.69) is 0 Å². The second kappa shape index (κ2) is 9.44. The standard InChI is InChI=1S/C15H26N2O4/c1-20-14-10-12(13(16)11-15(14)21-2)4-3-5-17(6-8-18)7-9-19/h10-11,18-19H,3-9,16H2,1-2H3. The maximum absolute atomic E-state index is 8.98. The predicted octanol–water partition coefficient (Wildman–Crippen LogP) is 0.505. The maximum Gasteiger partial charge on any atom is 0.162 e. The molecule has 0 unspecified atom stereocenters. The Morgan fingerprint density at radius 3 is 2.10 bits per heavy atom. The fourth-order valence-corrected chi connectivity index (χ4v) is 2.26. The summed E-state index contributed by atoms with van der Waals surface area (Å²) in [6.07, 6.45) is 1.69. The fourth-order valence-electron chi connectivity index (χ4n) is 2.26.